The first-order chi connectivity index (χ1) is 9.94. The molecule has 8 nitrogen and oxygen atoms in total. The van der Waals surface area contributed by atoms with Crippen LogP contribution in [0.25, 0.3) is 0 Å². The molecule has 0 aliphatic rings. The average Bonchev–Trinajstić information content (AvgIpc) is 2.92. The van der Waals surface area contributed by atoms with Gasteiger partial charge >= 0.3 is 5.69 Å². The summed E-state index contributed by atoms with van der Waals surface area (Å²) >= 11 is 0.811. The maximum Gasteiger partial charge on any atom is 0.304 e. The van der Waals surface area contributed by atoms with Gasteiger partial charge in [0.1, 0.15) is 4.21 Å². The largest absolute Gasteiger partial charge is 0.374 e. The van der Waals surface area contributed by atoms with Crippen LogP contribution in [-0.4, -0.2) is 25.4 Å². The van der Waals surface area contributed by atoms with Gasteiger partial charge in [-0.3, -0.25) is 15.1 Å². The second-order valence-corrected chi connectivity index (χ2v) is 7.02. The summed E-state index contributed by atoms with van der Waals surface area (Å²) in [6.45, 7) is 0.0662. The number of pyridine rings is 1. The highest BCUT2D eigenvalue weighted by atomic mass is 32.2. The molecule has 0 spiro atoms. The van der Waals surface area contributed by atoms with E-state index >= 15 is 0 Å². The highest BCUT2D eigenvalue weighted by Crippen LogP contribution is 2.36. The molecule has 0 unspecified atom stereocenters. The predicted molar refractivity (Wildman–Crippen MR) is 78.8 cm³/mol. The molecule has 2 aromatic heterocycles. The molecular weight excluding hydrogens is 316 g/mol. The summed E-state index contributed by atoms with van der Waals surface area (Å²) in [5.74, 6) is 0. The van der Waals surface area contributed by atoms with Gasteiger partial charge in [0.2, 0.25) is 0 Å². The van der Waals surface area contributed by atoms with E-state index in [9.17, 15) is 18.5 Å². The Kier molecular flexibility index (Phi) is 4.50. The van der Waals surface area contributed by atoms with Gasteiger partial charge in [-0.25, -0.2) is 13.1 Å². The first-order valence-corrected chi connectivity index (χ1v) is 8.08. The van der Waals surface area contributed by atoms with E-state index in [-0.39, 0.29) is 21.4 Å². The summed E-state index contributed by atoms with van der Waals surface area (Å²) in [5, 5.41) is 13.7. The second-order valence-electron chi connectivity index (χ2n) is 3.97. The second kappa shape index (κ2) is 6.16. The molecule has 2 heterocycles. The molecule has 2 N–H and O–H groups in total. The molecule has 0 aliphatic carbocycles. The lowest BCUT2D eigenvalue weighted by atomic mass is 10.3. The topological polar surface area (TPSA) is 114 Å². The number of nitrogens with zero attached hydrogens (tertiary/aromatic N) is 2. The molecule has 0 radical (unpaired) electrons. The van der Waals surface area contributed by atoms with Crippen molar-refractivity contribution >= 4 is 32.0 Å². The van der Waals surface area contributed by atoms with Gasteiger partial charge in [0.25, 0.3) is 10.0 Å². The molecule has 2 rings (SSSR count). The van der Waals surface area contributed by atoms with Crippen LogP contribution in [0.15, 0.2) is 34.8 Å². The van der Waals surface area contributed by atoms with Crippen molar-refractivity contribution in [2.45, 2.75) is 10.8 Å². The van der Waals surface area contributed by atoms with Crippen LogP contribution in [0.2, 0.25) is 0 Å². The van der Waals surface area contributed by atoms with Crippen molar-refractivity contribution in [2.24, 2.45) is 0 Å². The SMILES string of the molecule is CNc1sc(S(=O)(=O)NCc2cccnc2)cc1[N+](=O)[O-]. The fraction of sp³-hybridized carbons (Fsp3) is 0.182. The number of sulfonamides is 1. The molecule has 0 saturated heterocycles. The Balaban J connectivity index is 2.22. The van der Waals surface area contributed by atoms with Gasteiger partial charge in [-0.1, -0.05) is 17.4 Å². The molecule has 0 bridgehead atoms. The minimum Gasteiger partial charge on any atom is -0.374 e. The van der Waals surface area contributed by atoms with Crippen LogP contribution in [0, 0.1) is 10.1 Å². The van der Waals surface area contributed by atoms with Gasteiger partial charge in [-0.15, -0.1) is 0 Å². The van der Waals surface area contributed by atoms with E-state index in [1.165, 1.54) is 7.05 Å². The van der Waals surface area contributed by atoms with Crippen LogP contribution in [0.3, 0.4) is 0 Å². The van der Waals surface area contributed by atoms with Gasteiger partial charge in [-0.2, -0.15) is 0 Å². The fourth-order valence-electron chi connectivity index (χ4n) is 1.56. The highest BCUT2D eigenvalue weighted by Gasteiger charge is 2.25. The number of nitro groups is 1. The maximum absolute atomic E-state index is 12.1. The van der Waals surface area contributed by atoms with Crippen molar-refractivity contribution in [1.29, 1.82) is 0 Å². The van der Waals surface area contributed by atoms with E-state index in [0.29, 0.717) is 5.56 Å². The van der Waals surface area contributed by atoms with Gasteiger partial charge in [0.15, 0.2) is 5.00 Å². The molecule has 0 atom stereocenters. The molecule has 2 aromatic rings. The quantitative estimate of drug-likeness (QED) is 0.614. The zero-order valence-electron chi connectivity index (χ0n) is 10.9. The predicted octanol–water partition coefficient (Wildman–Crippen LogP) is 1.57. The number of aromatic nitrogens is 1. The number of anilines is 1. The van der Waals surface area contributed by atoms with Crippen molar-refractivity contribution in [1.82, 2.24) is 9.71 Å². The van der Waals surface area contributed by atoms with E-state index in [4.69, 9.17) is 0 Å². The smallest absolute Gasteiger partial charge is 0.304 e. The van der Waals surface area contributed by atoms with Crippen LogP contribution in [0.5, 0.6) is 0 Å². The van der Waals surface area contributed by atoms with Gasteiger partial charge < -0.3 is 5.32 Å². The van der Waals surface area contributed by atoms with Crippen molar-refractivity contribution in [3.63, 3.8) is 0 Å². The molecule has 0 amide bonds. The molecule has 0 aliphatic heterocycles. The third-order valence-corrected chi connectivity index (χ3v) is 5.58. The number of thiophene rings is 1. The van der Waals surface area contributed by atoms with Crippen molar-refractivity contribution in [3.8, 4) is 0 Å². The summed E-state index contributed by atoms with van der Waals surface area (Å²) in [6.07, 6.45) is 3.12. The third-order valence-electron chi connectivity index (χ3n) is 2.57. The average molecular weight is 328 g/mol. The minimum atomic E-state index is -3.81. The fourth-order valence-corrected chi connectivity index (χ4v) is 3.90. The lowest BCUT2D eigenvalue weighted by Crippen LogP contribution is -2.22. The molecule has 21 heavy (non-hydrogen) atoms. The van der Waals surface area contributed by atoms with Crippen LogP contribution < -0.4 is 10.0 Å². The van der Waals surface area contributed by atoms with E-state index in [0.717, 1.165) is 17.4 Å². The lowest BCUT2D eigenvalue weighted by molar-refractivity contribution is -0.383. The van der Waals surface area contributed by atoms with Gasteiger partial charge in [-0.05, 0) is 11.6 Å². The Morgan fingerprint density at radius 2 is 2.24 bits per heavy atom. The first kappa shape index (κ1) is 15.4. The van der Waals surface area contributed by atoms with Crippen molar-refractivity contribution in [3.05, 3.63) is 46.3 Å². The zero-order valence-corrected chi connectivity index (χ0v) is 12.6. The third kappa shape index (κ3) is 3.54. The molecule has 0 fully saturated rings. The Morgan fingerprint density at radius 1 is 1.48 bits per heavy atom. The van der Waals surface area contributed by atoms with Gasteiger partial charge in [0.05, 0.1) is 4.92 Å². The number of nitrogens with one attached hydrogen (secondary N) is 2. The van der Waals surface area contributed by atoms with E-state index in [2.05, 4.69) is 15.0 Å². The first-order valence-electron chi connectivity index (χ1n) is 5.78. The monoisotopic (exact) mass is 328 g/mol. The normalized spacial score (nSPS) is 11.3. The molecule has 0 saturated carbocycles. The Hall–Kier alpha value is -2.04. The van der Waals surface area contributed by atoms with Crippen molar-refractivity contribution in [2.75, 3.05) is 12.4 Å². The Bertz CT molecular complexity index is 743. The molecular formula is C11H12N4O4S2. The molecule has 0 aromatic carbocycles. The van der Waals surface area contributed by atoms with Gasteiger partial charge in [0, 0.05) is 32.1 Å². The Labute approximate surface area is 125 Å². The van der Waals surface area contributed by atoms with Crippen molar-refractivity contribution < 1.29 is 13.3 Å². The summed E-state index contributed by atoms with van der Waals surface area (Å²) in [7, 11) is -2.31. The minimum absolute atomic E-state index is 0.0662. The number of rotatable bonds is 6. The zero-order chi connectivity index (χ0) is 15.5. The maximum atomic E-state index is 12.1. The summed E-state index contributed by atoms with van der Waals surface area (Å²) in [4.78, 5) is 14.1. The summed E-state index contributed by atoms with van der Waals surface area (Å²) in [6, 6.07) is 4.46. The van der Waals surface area contributed by atoms with E-state index in [1.807, 2.05) is 0 Å². The summed E-state index contributed by atoms with van der Waals surface area (Å²) in [5.41, 5.74) is 0.435. The highest BCUT2D eigenvalue weighted by molar-refractivity contribution is 7.91. The standard InChI is InChI=1S/C11H12N4O4S2/c1-12-11-9(15(16)17)5-10(20-11)21(18,19)14-7-8-3-2-4-13-6-8/h2-6,12,14H,7H2,1H3. The number of hydrogen-bond acceptors (Lipinski definition) is 7. The van der Waals surface area contributed by atoms with E-state index < -0.39 is 14.9 Å². The Morgan fingerprint density at radius 3 is 2.76 bits per heavy atom. The van der Waals surface area contributed by atoms with Crippen LogP contribution in [-0.2, 0) is 16.6 Å². The summed E-state index contributed by atoms with van der Waals surface area (Å²) < 4.78 is 26.6. The molecule has 10 heteroatoms. The van der Waals surface area contributed by atoms with E-state index in [1.54, 1.807) is 24.5 Å². The van der Waals surface area contributed by atoms with Crippen LogP contribution in [0.1, 0.15) is 5.56 Å². The number of hydrogen-bond donors (Lipinski definition) is 2. The lowest BCUT2D eigenvalue weighted by Gasteiger charge is -2.03. The van der Waals surface area contributed by atoms with Crippen LogP contribution >= 0.6 is 11.3 Å². The van der Waals surface area contributed by atoms with Crippen LogP contribution in [0.4, 0.5) is 10.7 Å². The molecule has 112 valence electrons.